The first-order valence-electron chi connectivity index (χ1n) is 8.14. The standard InChI is InChI=1S/C18H21N3O3/c1-13-17(14(2)21(19-13)15-8-4-3-5-9-15)18(23)24-12-16(22)20-10-6-7-11-20/h3-5,8-9H,6-7,10-12H2,1-2H3. The van der Waals surface area contributed by atoms with E-state index in [9.17, 15) is 9.59 Å². The maximum absolute atomic E-state index is 12.4. The fourth-order valence-electron chi connectivity index (χ4n) is 3.02. The highest BCUT2D eigenvalue weighted by Gasteiger charge is 2.23. The Kier molecular flexibility index (Phi) is 4.64. The number of para-hydroxylation sites is 1. The minimum absolute atomic E-state index is 0.133. The monoisotopic (exact) mass is 327 g/mol. The lowest BCUT2D eigenvalue weighted by Gasteiger charge is -2.14. The van der Waals surface area contributed by atoms with Crippen LogP contribution in [0.4, 0.5) is 0 Å². The SMILES string of the molecule is Cc1nn(-c2ccccc2)c(C)c1C(=O)OCC(=O)N1CCCC1. The molecule has 1 saturated heterocycles. The topological polar surface area (TPSA) is 64.4 Å². The fourth-order valence-corrected chi connectivity index (χ4v) is 3.02. The number of nitrogens with zero attached hydrogens (tertiary/aromatic N) is 3. The van der Waals surface area contributed by atoms with E-state index < -0.39 is 5.97 Å². The van der Waals surface area contributed by atoms with Crippen LogP contribution in [0, 0.1) is 13.8 Å². The van der Waals surface area contributed by atoms with E-state index in [1.54, 1.807) is 16.5 Å². The van der Waals surface area contributed by atoms with Gasteiger partial charge < -0.3 is 9.64 Å². The van der Waals surface area contributed by atoms with Crippen LogP contribution in [-0.2, 0) is 9.53 Å². The van der Waals surface area contributed by atoms with Crippen molar-refractivity contribution >= 4 is 11.9 Å². The molecule has 126 valence electrons. The van der Waals surface area contributed by atoms with Gasteiger partial charge in [0.15, 0.2) is 6.61 Å². The minimum atomic E-state index is -0.500. The number of likely N-dealkylation sites (tertiary alicyclic amines) is 1. The van der Waals surface area contributed by atoms with Crippen LogP contribution in [0.5, 0.6) is 0 Å². The Labute approximate surface area is 141 Å². The van der Waals surface area contributed by atoms with E-state index in [1.807, 2.05) is 37.3 Å². The molecule has 1 aromatic heterocycles. The summed E-state index contributed by atoms with van der Waals surface area (Å²) in [7, 11) is 0. The predicted octanol–water partition coefficient (Wildman–Crippen LogP) is 2.27. The molecular weight excluding hydrogens is 306 g/mol. The molecule has 2 aromatic rings. The first-order chi connectivity index (χ1) is 11.6. The average molecular weight is 327 g/mol. The largest absolute Gasteiger partial charge is 0.452 e. The molecule has 1 aromatic carbocycles. The maximum atomic E-state index is 12.4. The molecule has 6 nitrogen and oxygen atoms in total. The zero-order chi connectivity index (χ0) is 17.1. The van der Waals surface area contributed by atoms with Gasteiger partial charge in [-0.25, -0.2) is 9.48 Å². The van der Waals surface area contributed by atoms with Gasteiger partial charge in [0.2, 0.25) is 0 Å². The van der Waals surface area contributed by atoms with E-state index in [0.29, 0.717) is 17.0 Å². The van der Waals surface area contributed by atoms with Gasteiger partial charge in [-0.2, -0.15) is 5.10 Å². The number of aromatic nitrogens is 2. The maximum Gasteiger partial charge on any atom is 0.342 e. The van der Waals surface area contributed by atoms with Crippen molar-refractivity contribution in [3.05, 3.63) is 47.3 Å². The molecule has 1 fully saturated rings. The fraction of sp³-hybridized carbons (Fsp3) is 0.389. The molecule has 6 heteroatoms. The van der Waals surface area contributed by atoms with Gasteiger partial charge in [-0.3, -0.25) is 4.79 Å². The van der Waals surface area contributed by atoms with Crippen molar-refractivity contribution in [1.29, 1.82) is 0 Å². The van der Waals surface area contributed by atoms with Crippen molar-refractivity contribution in [1.82, 2.24) is 14.7 Å². The van der Waals surface area contributed by atoms with Crippen LogP contribution in [0.15, 0.2) is 30.3 Å². The molecule has 0 bridgehead atoms. The summed E-state index contributed by atoms with van der Waals surface area (Å²) in [6.07, 6.45) is 2.03. The van der Waals surface area contributed by atoms with Crippen LogP contribution in [-0.4, -0.2) is 46.3 Å². The Balaban J connectivity index is 1.73. The van der Waals surface area contributed by atoms with E-state index in [4.69, 9.17) is 4.74 Å². The summed E-state index contributed by atoms with van der Waals surface area (Å²) in [4.78, 5) is 26.1. The van der Waals surface area contributed by atoms with Crippen LogP contribution < -0.4 is 0 Å². The third-order valence-corrected chi connectivity index (χ3v) is 4.28. The van der Waals surface area contributed by atoms with Gasteiger partial charge in [0.05, 0.1) is 17.1 Å². The lowest BCUT2D eigenvalue weighted by Crippen LogP contribution is -2.32. The lowest BCUT2D eigenvalue weighted by atomic mass is 10.2. The molecular formula is C18H21N3O3. The van der Waals surface area contributed by atoms with Gasteiger partial charge in [-0.1, -0.05) is 18.2 Å². The van der Waals surface area contributed by atoms with Crippen molar-refractivity contribution in [3.8, 4) is 5.69 Å². The molecule has 0 saturated carbocycles. The highest BCUT2D eigenvalue weighted by Crippen LogP contribution is 2.19. The van der Waals surface area contributed by atoms with Crippen molar-refractivity contribution in [2.24, 2.45) is 0 Å². The van der Waals surface area contributed by atoms with Crippen LogP contribution in [0.1, 0.15) is 34.6 Å². The Morgan fingerprint density at radius 3 is 2.46 bits per heavy atom. The van der Waals surface area contributed by atoms with Gasteiger partial charge in [-0.15, -0.1) is 0 Å². The first kappa shape index (κ1) is 16.2. The molecule has 24 heavy (non-hydrogen) atoms. The van der Waals surface area contributed by atoms with Gasteiger partial charge in [0, 0.05) is 13.1 Å². The quantitative estimate of drug-likeness (QED) is 0.808. The number of carbonyl (C=O) groups excluding carboxylic acids is 2. The van der Waals surface area contributed by atoms with Crippen molar-refractivity contribution in [2.75, 3.05) is 19.7 Å². The smallest absolute Gasteiger partial charge is 0.342 e. The van der Waals surface area contributed by atoms with Crippen LogP contribution in [0.2, 0.25) is 0 Å². The number of rotatable bonds is 4. The average Bonchev–Trinajstić information content (AvgIpc) is 3.22. The number of esters is 1. The summed E-state index contributed by atoms with van der Waals surface area (Å²) < 4.78 is 6.95. The number of ether oxygens (including phenoxy) is 1. The van der Waals surface area contributed by atoms with E-state index in [2.05, 4.69) is 5.10 Å². The Morgan fingerprint density at radius 2 is 1.79 bits per heavy atom. The summed E-state index contributed by atoms with van der Waals surface area (Å²) in [6, 6.07) is 9.60. The second-order valence-corrected chi connectivity index (χ2v) is 5.96. The summed E-state index contributed by atoms with van der Waals surface area (Å²) in [5, 5.41) is 4.43. The Hall–Kier alpha value is -2.63. The molecule has 1 aliphatic rings. The Morgan fingerprint density at radius 1 is 1.12 bits per heavy atom. The first-order valence-corrected chi connectivity index (χ1v) is 8.14. The van der Waals surface area contributed by atoms with Gasteiger partial charge >= 0.3 is 5.97 Å². The molecule has 0 unspecified atom stereocenters. The van der Waals surface area contributed by atoms with Crippen molar-refractivity contribution < 1.29 is 14.3 Å². The number of hydrogen-bond acceptors (Lipinski definition) is 4. The van der Waals surface area contributed by atoms with Crippen LogP contribution in [0.25, 0.3) is 5.69 Å². The van der Waals surface area contributed by atoms with E-state index >= 15 is 0 Å². The zero-order valence-electron chi connectivity index (χ0n) is 14.0. The number of aryl methyl sites for hydroxylation is 1. The van der Waals surface area contributed by atoms with Gasteiger partial charge in [-0.05, 0) is 38.8 Å². The highest BCUT2D eigenvalue weighted by atomic mass is 16.5. The predicted molar refractivity (Wildman–Crippen MR) is 89.1 cm³/mol. The summed E-state index contributed by atoms with van der Waals surface area (Å²) in [5.41, 5.74) is 2.60. The zero-order valence-corrected chi connectivity index (χ0v) is 14.0. The molecule has 2 heterocycles. The molecule has 3 rings (SSSR count). The third-order valence-electron chi connectivity index (χ3n) is 4.28. The molecule has 0 atom stereocenters. The summed E-state index contributed by atoms with van der Waals surface area (Å²) in [6.45, 7) is 4.88. The molecule has 0 aliphatic carbocycles. The van der Waals surface area contributed by atoms with Crippen molar-refractivity contribution in [3.63, 3.8) is 0 Å². The second-order valence-electron chi connectivity index (χ2n) is 5.96. The third kappa shape index (κ3) is 3.18. The van der Waals surface area contributed by atoms with Gasteiger partial charge in [0.1, 0.15) is 5.56 Å². The minimum Gasteiger partial charge on any atom is -0.452 e. The molecule has 1 aliphatic heterocycles. The second kappa shape index (κ2) is 6.86. The summed E-state index contributed by atoms with van der Waals surface area (Å²) >= 11 is 0. The number of carbonyl (C=O) groups is 2. The molecule has 0 N–H and O–H groups in total. The van der Waals surface area contributed by atoms with E-state index in [0.717, 1.165) is 31.6 Å². The Bertz CT molecular complexity index is 746. The number of amides is 1. The number of hydrogen-bond donors (Lipinski definition) is 0. The number of benzene rings is 1. The van der Waals surface area contributed by atoms with Crippen LogP contribution >= 0.6 is 0 Å². The van der Waals surface area contributed by atoms with Crippen LogP contribution in [0.3, 0.4) is 0 Å². The van der Waals surface area contributed by atoms with Gasteiger partial charge in [0.25, 0.3) is 5.91 Å². The molecule has 1 amide bonds. The normalized spacial score (nSPS) is 14.0. The van der Waals surface area contributed by atoms with Crippen molar-refractivity contribution in [2.45, 2.75) is 26.7 Å². The van der Waals surface area contributed by atoms with E-state index in [1.165, 1.54) is 0 Å². The lowest BCUT2D eigenvalue weighted by molar-refractivity contribution is -0.133. The molecule has 0 radical (unpaired) electrons. The van der Waals surface area contributed by atoms with E-state index in [-0.39, 0.29) is 12.5 Å². The summed E-state index contributed by atoms with van der Waals surface area (Å²) in [5.74, 6) is -0.633. The highest BCUT2D eigenvalue weighted by molar-refractivity contribution is 5.93. The molecule has 0 spiro atoms.